The van der Waals surface area contributed by atoms with Crippen molar-refractivity contribution in [1.29, 1.82) is 0 Å². The number of aromatic amines is 1. The van der Waals surface area contributed by atoms with Crippen molar-refractivity contribution in [3.05, 3.63) is 51.0 Å². The van der Waals surface area contributed by atoms with Crippen LogP contribution >= 0.6 is 22.6 Å². The fourth-order valence-electron chi connectivity index (χ4n) is 6.10. The molecule has 1 atom stereocenters. The Morgan fingerprint density at radius 2 is 1.92 bits per heavy atom. The number of amides is 1. The number of halogens is 1. The third-order valence-electron chi connectivity index (χ3n) is 9.50. The average molecular weight is 814 g/mol. The van der Waals surface area contributed by atoms with Crippen LogP contribution in [0.2, 0.25) is 0 Å². The number of rotatable bonds is 10. The molecule has 6 rings (SSSR count). The summed E-state index contributed by atoms with van der Waals surface area (Å²) in [5.74, 6) is 2.44. The van der Waals surface area contributed by atoms with Crippen LogP contribution in [0, 0.1) is 10.5 Å². The summed E-state index contributed by atoms with van der Waals surface area (Å²) >= 11 is 2.19. The van der Waals surface area contributed by atoms with E-state index in [1.165, 1.54) is 0 Å². The molecule has 1 amide bonds. The lowest BCUT2D eigenvalue weighted by atomic mass is 9.89. The molecule has 0 bridgehead atoms. The number of carbonyl (C=O) groups is 1. The van der Waals surface area contributed by atoms with Gasteiger partial charge in [-0.05, 0) is 121 Å². The van der Waals surface area contributed by atoms with Crippen molar-refractivity contribution in [3.8, 4) is 17.0 Å². The zero-order valence-corrected chi connectivity index (χ0v) is 33.2. The van der Waals surface area contributed by atoms with E-state index in [1.54, 1.807) is 9.58 Å². The van der Waals surface area contributed by atoms with Gasteiger partial charge in [0.25, 0.3) is 0 Å². The second-order valence-electron chi connectivity index (χ2n) is 15.2. The predicted octanol–water partition coefficient (Wildman–Crippen LogP) is 7.23. The minimum Gasteiger partial charge on any atom is -0.474 e. The van der Waals surface area contributed by atoms with E-state index in [0.717, 1.165) is 61.9 Å². The molecule has 4 aromatic rings. The van der Waals surface area contributed by atoms with Crippen molar-refractivity contribution in [2.45, 2.75) is 104 Å². The summed E-state index contributed by atoms with van der Waals surface area (Å²) in [6.45, 7) is 17.1. The molecule has 13 nitrogen and oxygen atoms in total. The number of nitrogens with one attached hydrogen (secondary N) is 1. The van der Waals surface area contributed by atoms with E-state index in [-0.39, 0.29) is 25.9 Å². The topological polar surface area (TPSA) is 131 Å². The Morgan fingerprint density at radius 1 is 1.18 bits per heavy atom. The van der Waals surface area contributed by atoms with E-state index < -0.39 is 30.0 Å². The van der Waals surface area contributed by atoms with Crippen molar-refractivity contribution in [1.82, 2.24) is 34.7 Å². The van der Waals surface area contributed by atoms with Crippen LogP contribution in [0.1, 0.15) is 91.0 Å². The molecule has 51 heavy (non-hydrogen) atoms. The van der Waals surface area contributed by atoms with E-state index in [9.17, 15) is 4.79 Å². The molecule has 2 fully saturated rings. The molecule has 274 valence electrons. The number of carbonyl (C=O) groups excluding carboxylic acids is 1. The van der Waals surface area contributed by atoms with Crippen LogP contribution in [-0.4, -0.2) is 84.4 Å². The summed E-state index contributed by atoms with van der Waals surface area (Å²) in [7, 11) is 1.38. The van der Waals surface area contributed by atoms with Crippen molar-refractivity contribution in [2.75, 3.05) is 19.8 Å². The number of hydrogen-bond acceptors (Lipinski definition) is 9. The predicted molar refractivity (Wildman–Crippen MR) is 204 cm³/mol. The molecule has 15 heteroatoms. The molecular weight excluding hydrogens is 764 g/mol. The molecule has 0 saturated carbocycles. The summed E-state index contributed by atoms with van der Waals surface area (Å²) in [5, 5.41) is 18.0. The number of fused-ring (bicyclic) bond motifs is 1. The molecule has 1 N–H and O–H groups in total. The molecule has 1 aromatic carbocycles. The van der Waals surface area contributed by atoms with E-state index in [2.05, 4.69) is 51.0 Å². The monoisotopic (exact) mass is 813 g/mol. The number of ether oxygens (including phenoxy) is 3. The van der Waals surface area contributed by atoms with Crippen molar-refractivity contribution in [3.63, 3.8) is 0 Å². The van der Waals surface area contributed by atoms with E-state index in [0.29, 0.717) is 12.5 Å². The second-order valence-corrected chi connectivity index (χ2v) is 16.3. The van der Waals surface area contributed by atoms with Gasteiger partial charge in [-0.2, -0.15) is 10.2 Å². The number of benzene rings is 1. The first-order valence-electron chi connectivity index (χ1n) is 17.5. The third kappa shape index (κ3) is 8.31. The van der Waals surface area contributed by atoms with E-state index in [4.69, 9.17) is 33.7 Å². The van der Waals surface area contributed by atoms with Crippen molar-refractivity contribution < 1.29 is 28.3 Å². The molecule has 1 unspecified atom stereocenters. The molecule has 0 aliphatic carbocycles. The Bertz CT molecular complexity index is 1890. The SMILES string of the molecule is Cc1[nH]nc(OCCN(Cc2nn(C)cc2-c2ccc3c(c2)c(/C=C/B2OC(C)(C)C(C)(C)O2)nn3C2CCCCO2)C(=O)OC(C)(C)C)c1I. The molecule has 2 aliphatic rings. The zero-order chi connectivity index (χ0) is 36.7. The Morgan fingerprint density at radius 3 is 2.57 bits per heavy atom. The van der Waals surface area contributed by atoms with Crippen LogP contribution in [0.5, 0.6) is 5.88 Å². The maximum atomic E-state index is 13.5. The summed E-state index contributed by atoms with van der Waals surface area (Å²) in [4.78, 5) is 15.1. The van der Waals surface area contributed by atoms with Crippen LogP contribution in [0.3, 0.4) is 0 Å². The van der Waals surface area contributed by atoms with Crippen LogP contribution in [0.15, 0.2) is 30.4 Å². The molecule has 5 heterocycles. The van der Waals surface area contributed by atoms with Crippen molar-refractivity contribution in [2.24, 2.45) is 7.05 Å². The van der Waals surface area contributed by atoms with Gasteiger partial charge in [0, 0.05) is 36.5 Å². The number of nitrogens with zero attached hydrogens (tertiary/aromatic N) is 6. The average Bonchev–Trinajstić information content (AvgIpc) is 3.76. The Hall–Kier alpha value is -3.41. The zero-order valence-electron chi connectivity index (χ0n) is 31.1. The van der Waals surface area contributed by atoms with Gasteiger partial charge in [0.1, 0.15) is 12.2 Å². The van der Waals surface area contributed by atoms with Crippen LogP contribution in [0.4, 0.5) is 4.79 Å². The van der Waals surface area contributed by atoms with E-state index >= 15 is 0 Å². The molecular formula is C36H49BIN7O6. The summed E-state index contributed by atoms with van der Waals surface area (Å²) < 4.78 is 35.1. The first-order valence-corrected chi connectivity index (χ1v) is 18.6. The van der Waals surface area contributed by atoms with Gasteiger partial charge in [-0.3, -0.25) is 14.7 Å². The van der Waals surface area contributed by atoms with Crippen LogP contribution in [0.25, 0.3) is 28.1 Å². The number of aromatic nitrogens is 6. The lowest BCUT2D eigenvalue weighted by molar-refractivity contribution is -0.0367. The third-order valence-corrected chi connectivity index (χ3v) is 10.8. The fraction of sp³-hybridized carbons (Fsp3) is 0.556. The summed E-state index contributed by atoms with van der Waals surface area (Å²) in [6.07, 6.45) is 6.39. The lowest BCUT2D eigenvalue weighted by Crippen LogP contribution is -2.41. The highest BCUT2D eigenvalue weighted by molar-refractivity contribution is 14.1. The number of aryl methyl sites for hydroxylation is 2. The quantitative estimate of drug-likeness (QED) is 0.130. The standard InChI is InChI=1S/C36H49BIN7O6/c1-23-31(38)32(40-39-23)48-19-17-44(33(46)49-34(2,3)4)22-28-26(21-43(9)41-28)24-13-14-29-25(20-24)27(42-45(29)30-12-10-11-18-47-30)15-16-37-50-35(5,6)36(7,8)51-37/h13-16,20-21,30H,10-12,17-19,22H2,1-9H3,(H,39,40)/b16-15+. The van der Waals surface area contributed by atoms with Gasteiger partial charge in [-0.15, -0.1) is 5.10 Å². The van der Waals surface area contributed by atoms with Crippen molar-refractivity contribution >= 4 is 52.8 Å². The van der Waals surface area contributed by atoms with Gasteiger partial charge >= 0.3 is 13.2 Å². The highest BCUT2D eigenvalue weighted by Crippen LogP contribution is 2.38. The Balaban J connectivity index is 1.32. The number of hydrogen-bond donors (Lipinski definition) is 1. The highest BCUT2D eigenvalue weighted by Gasteiger charge is 2.50. The smallest absolute Gasteiger partial charge is 0.474 e. The first-order chi connectivity index (χ1) is 24.0. The van der Waals surface area contributed by atoms with Gasteiger partial charge in [-0.25, -0.2) is 9.48 Å². The second kappa shape index (κ2) is 14.5. The largest absolute Gasteiger partial charge is 0.487 e. The molecule has 2 saturated heterocycles. The Labute approximate surface area is 313 Å². The molecule has 0 spiro atoms. The molecule has 3 aromatic heterocycles. The normalized spacial score (nSPS) is 18.9. The van der Waals surface area contributed by atoms with Gasteiger partial charge in [0.15, 0.2) is 6.23 Å². The number of H-pyrrole nitrogens is 1. The van der Waals surface area contributed by atoms with Gasteiger partial charge in [-0.1, -0.05) is 12.0 Å². The van der Waals surface area contributed by atoms with Gasteiger partial charge in [0.05, 0.1) is 44.8 Å². The van der Waals surface area contributed by atoms with E-state index in [1.807, 2.05) is 85.4 Å². The molecule has 0 radical (unpaired) electrons. The summed E-state index contributed by atoms with van der Waals surface area (Å²) in [5.41, 5.74) is 3.69. The fourth-order valence-corrected chi connectivity index (χ4v) is 6.50. The molecule has 2 aliphatic heterocycles. The first kappa shape index (κ1) is 37.4. The van der Waals surface area contributed by atoms with Crippen LogP contribution in [-0.2, 0) is 32.4 Å². The van der Waals surface area contributed by atoms with Crippen LogP contribution < -0.4 is 4.74 Å². The lowest BCUT2D eigenvalue weighted by Gasteiger charge is -2.32. The maximum absolute atomic E-state index is 13.5. The highest BCUT2D eigenvalue weighted by atomic mass is 127. The van der Waals surface area contributed by atoms with Gasteiger partial charge in [0.2, 0.25) is 5.88 Å². The van der Waals surface area contributed by atoms with Gasteiger partial charge < -0.3 is 23.5 Å². The minimum absolute atomic E-state index is 0.140. The Kier molecular flexibility index (Phi) is 10.7. The summed E-state index contributed by atoms with van der Waals surface area (Å²) in [6, 6.07) is 6.30. The maximum Gasteiger partial charge on any atom is 0.487 e. The minimum atomic E-state index is -0.672.